The van der Waals surface area contributed by atoms with Crippen LogP contribution in [-0.4, -0.2) is 100 Å². The Hall–Kier alpha value is -3.47. The van der Waals surface area contributed by atoms with Crippen molar-refractivity contribution in [2.24, 2.45) is 10.9 Å². The van der Waals surface area contributed by atoms with Gasteiger partial charge in [-0.05, 0) is 44.7 Å². The summed E-state index contributed by atoms with van der Waals surface area (Å²) < 4.78 is 13.1. The van der Waals surface area contributed by atoms with Crippen LogP contribution in [0.25, 0.3) is 11.0 Å². The van der Waals surface area contributed by atoms with Gasteiger partial charge >= 0.3 is 0 Å². The van der Waals surface area contributed by atoms with Crippen LogP contribution >= 0.6 is 0 Å². The maximum atomic E-state index is 13.2. The summed E-state index contributed by atoms with van der Waals surface area (Å²) in [5.74, 6) is 1.11. The number of aliphatic hydroxyl groups is 5. The van der Waals surface area contributed by atoms with E-state index in [0.29, 0.717) is 66.1 Å². The van der Waals surface area contributed by atoms with Crippen molar-refractivity contribution < 1.29 is 54.2 Å². The summed E-state index contributed by atoms with van der Waals surface area (Å²) >= 11 is 0. The van der Waals surface area contributed by atoms with Crippen molar-refractivity contribution in [1.29, 1.82) is 0 Å². The Morgan fingerprint density at radius 1 is 1.15 bits per heavy atom. The van der Waals surface area contributed by atoms with Gasteiger partial charge in [0.25, 0.3) is 0 Å². The summed E-state index contributed by atoms with van der Waals surface area (Å²) in [6.45, 7) is 3.36. The van der Waals surface area contributed by atoms with Crippen molar-refractivity contribution in [2.45, 2.75) is 75.7 Å². The third-order valence-corrected chi connectivity index (χ3v) is 9.28. The molecule has 0 aliphatic carbocycles. The molecule has 8 unspecified atom stereocenters. The number of nitrogens with one attached hydrogen (secondary N) is 2. The summed E-state index contributed by atoms with van der Waals surface area (Å²) in [7, 11) is 0. The van der Waals surface area contributed by atoms with Gasteiger partial charge in [0.2, 0.25) is 17.2 Å². The fraction of sp³-hybridized carbons (Fsp3) is 0.531. The lowest BCUT2D eigenvalue weighted by Crippen LogP contribution is -3.01. The quantitative estimate of drug-likeness (QED) is 0.109. The van der Waals surface area contributed by atoms with Crippen LogP contribution in [0.2, 0.25) is 0 Å². The molecule has 46 heavy (non-hydrogen) atoms. The molecule has 1 fully saturated rings. The Bertz CT molecular complexity index is 1650. The summed E-state index contributed by atoms with van der Waals surface area (Å²) in [5, 5.41) is 52.5. The van der Waals surface area contributed by atoms with Gasteiger partial charge in [0.05, 0.1) is 12.0 Å². The zero-order chi connectivity index (χ0) is 32.7. The molecule has 14 heteroatoms. The number of quaternary nitrogens is 1. The minimum absolute atomic E-state index is 0.00502. The smallest absolute Gasteiger partial charge is 0.222 e. The molecule has 1 saturated heterocycles. The van der Waals surface area contributed by atoms with Crippen LogP contribution in [0, 0.1) is 12.8 Å². The van der Waals surface area contributed by atoms with Crippen LogP contribution in [-0.2, 0) is 21.0 Å². The number of aliphatic imine (C=N–C) groups is 1. The van der Waals surface area contributed by atoms with Crippen molar-refractivity contribution >= 4 is 28.8 Å². The number of ether oxygens (including phenoxy) is 1. The number of carbonyl (C=O) groups excluding carboxylic acids is 1. The topological polar surface area (TPSA) is 205 Å². The van der Waals surface area contributed by atoms with E-state index < -0.39 is 49.3 Å². The predicted octanol–water partition coefficient (Wildman–Crippen LogP) is -1.15. The van der Waals surface area contributed by atoms with Gasteiger partial charge in [0.15, 0.2) is 11.2 Å². The first kappa shape index (κ1) is 32.5. The summed E-state index contributed by atoms with van der Waals surface area (Å²) in [5.41, 5.74) is 2.46. The Kier molecular flexibility index (Phi) is 9.15. The van der Waals surface area contributed by atoms with E-state index in [2.05, 4.69) is 10.3 Å². The molecule has 0 saturated carbocycles. The van der Waals surface area contributed by atoms with Gasteiger partial charge in [0, 0.05) is 42.8 Å². The van der Waals surface area contributed by atoms with E-state index in [0.717, 1.165) is 16.2 Å². The maximum Gasteiger partial charge on any atom is 0.222 e. The second-order valence-corrected chi connectivity index (χ2v) is 12.7. The van der Waals surface area contributed by atoms with Crippen molar-refractivity contribution in [2.75, 3.05) is 26.3 Å². The number of allylic oxidation sites excluding steroid dienone is 1. The average Bonchev–Trinajstić information content (AvgIpc) is 3.75. The Morgan fingerprint density at radius 2 is 1.93 bits per heavy atom. The third kappa shape index (κ3) is 6.27. The normalized spacial score (nSPS) is 27.8. The molecule has 1 aromatic heterocycles. The highest BCUT2D eigenvalue weighted by Gasteiger charge is 2.47. The largest absolute Gasteiger partial charge is 0.478 e. The molecule has 14 nitrogen and oxygen atoms in total. The van der Waals surface area contributed by atoms with E-state index in [1.54, 1.807) is 19.2 Å². The second kappa shape index (κ2) is 13.0. The number of aliphatic hydroxyl groups excluding tert-OH is 5. The molecule has 4 aliphatic rings. The third-order valence-electron chi connectivity index (χ3n) is 9.28. The lowest BCUT2D eigenvalue weighted by atomic mass is 9.83. The van der Waals surface area contributed by atoms with E-state index in [1.165, 1.54) is 6.07 Å². The van der Waals surface area contributed by atoms with Crippen LogP contribution in [0.1, 0.15) is 37.5 Å². The van der Waals surface area contributed by atoms with Crippen molar-refractivity contribution in [3.8, 4) is 5.75 Å². The zero-order valence-corrected chi connectivity index (χ0v) is 25.6. The molecule has 1 amide bonds. The van der Waals surface area contributed by atoms with Gasteiger partial charge in [-0.15, -0.1) is 0 Å². The number of hydrogen-bond acceptors (Lipinski definition) is 12. The number of aryl methyl sites for hydroxylation is 1. The molecular weight excluding hydrogens is 602 g/mol. The highest BCUT2D eigenvalue weighted by molar-refractivity contribution is 5.90. The fourth-order valence-electron chi connectivity index (χ4n) is 6.52. The molecule has 8 atom stereocenters. The molecule has 7 N–H and O–H groups in total. The minimum Gasteiger partial charge on any atom is -0.478 e. The molecule has 5 heterocycles. The maximum absolute atomic E-state index is 13.2. The molecule has 0 spiro atoms. The van der Waals surface area contributed by atoms with E-state index in [-0.39, 0.29) is 23.7 Å². The number of hydrogen-bond donors (Lipinski definition) is 7. The molecule has 1 aromatic carbocycles. The molecule has 0 bridgehead atoms. The van der Waals surface area contributed by atoms with Crippen LogP contribution < -0.4 is 20.4 Å². The van der Waals surface area contributed by atoms with Gasteiger partial charge < -0.3 is 40.0 Å². The van der Waals surface area contributed by atoms with Gasteiger partial charge in [-0.3, -0.25) is 19.5 Å². The van der Waals surface area contributed by atoms with E-state index in [1.807, 2.05) is 19.2 Å². The molecule has 6 rings (SSSR count). The monoisotopic (exact) mass is 642 g/mol. The van der Waals surface area contributed by atoms with Crippen molar-refractivity contribution in [1.82, 2.24) is 5.32 Å². The van der Waals surface area contributed by atoms with E-state index in [9.17, 15) is 30.0 Å². The minimum atomic E-state index is -1.82. The lowest BCUT2D eigenvalue weighted by molar-refractivity contribution is -0.763. The first-order valence-electron chi connectivity index (χ1n) is 15.5. The molecule has 0 radical (unpaired) electrons. The molecular formula is C32H40N3O11+. The summed E-state index contributed by atoms with van der Waals surface area (Å²) in [6, 6.07) is 3.18. The van der Waals surface area contributed by atoms with Crippen LogP contribution in [0.4, 0.5) is 5.69 Å². The van der Waals surface area contributed by atoms with Gasteiger partial charge in [0.1, 0.15) is 66.9 Å². The fourth-order valence-corrected chi connectivity index (χ4v) is 6.52. The standard InChI is InChI=1S/C32H39N3O11/c1-16-7-22(37)20-9-19-10-25(46-43-15-24(39)29(42)28(41)23(38)14-36)32(2,5-3-17-8-26(40)34-11-17)45-30(19)27(31(20)44-16)35-12-18-4-6-33-21(18)13-35/h4,6-7,9,13,17,23-25,28-29,36,38-39,41-42H,3,5,8,10-12,14-15H2,1-2H3,(H,34,40)/p+1. The predicted molar refractivity (Wildman–Crippen MR) is 162 cm³/mol. The molecule has 248 valence electrons. The zero-order valence-electron chi connectivity index (χ0n) is 25.6. The summed E-state index contributed by atoms with van der Waals surface area (Å²) in [6.07, 6.45) is -0.260. The number of rotatable bonds is 12. The first-order valence-corrected chi connectivity index (χ1v) is 15.5. The van der Waals surface area contributed by atoms with Crippen molar-refractivity contribution in [3.05, 3.63) is 57.2 Å². The molecule has 4 aliphatic heterocycles. The second-order valence-electron chi connectivity index (χ2n) is 12.7. The highest BCUT2D eigenvalue weighted by Crippen LogP contribution is 2.45. The number of amides is 1. The van der Waals surface area contributed by atoms with E-state index in [4.69, 9.17) is 24.0 Å². The Morgan fingerprint density at radius 3 is 2.65 bits per heavy atom. The highest BCUT2D eigenvalue weighted by atomic mass is 17.2. The number of nitrogens with zero attached hydrogens (tertiary/aromatic N) is 1. The number of carbonyl (C=O) groups is 1. The van der Waals surface area contributed by atoms with Crippen molar-refractivity contribution in [3.63, 3.8) is 0 Å². The Balaban J connectivity index is 1.33. The Labute approximate surface area is 264 Å². The number of fused-ring (bicyclic) bond motifs is 3. The number of benzene rings is 1. The van der Waals surface area contributed by atoms with Crippen LogP contribution in [0.5, 0.6) is 5.75 Å². The first-order chi connectivity index (χ1) is 22.0. The van der Waals surface area contributed by atoms with Gasteiger partial charge in [-0.1, -0.05) is 0 Å². The van der Waals surface area contributed by atoms with Crippen LogP contribution in [0.15, 0.2) is 49.9 Å². The summed E-state index contributed by atoms with van der Waals surface area (Å²) in [4.78, 5) is 41.7. The lowest BCUT2D eigenvalue weighted by Gasteiger charge is -2.42. The average molecular weight is 643 g/mol. The van der Waals surface area contributed by atoms with Crippen LogP contribution in [0.3, 0.4) is 0 Å². The van der Waals surface area contributed by atoms with Gasteiger partial charge in [-0.25, -0.2) is 9.78 Å². The molecule has 2 aromatic rings. The SMILES string of the molecule is Cc1cc(=O)c2cc3c(c([NH+]4C=C5N=CC=C5C4)c2o1)OC(C)(CCC1CNC(=O)C1)C(OOCC(O)C(O)C(O)C(O)CO)C3. The van der Waals surface area contributed by atoms with E-state index >= 15 is 0 Å². The van der Waals surface area contributed by atoms with Gasteiger partial charge in [-0.2, -0.15) is 0 Å².